The Balaban J connectivity index is 2.72. The summed E-state index contributed by atoms with van der Waals surface area (Å²) in [5, 5.41) is 3.40. The summed E-state index contributed by atoms with van der Waals surface area (Å²) in [7, 11) is 0. The molecule has 0 saturated carbocycles. The third-order valence-electron chi connectivity index (χ3n) is 2.48. The van der Waals surface area contributed by atoms with Crippen LogP contribution in [-0.2, 0) is 0 Å². The van der Waals surface area contributed by atoms with Crippen LogP contribution in [0.25, 0.3) is 0 Å². The topological polar surface area (TPSA) is 84.4 Å². The second kappa shape index (κ2) is 3.64. The monoisotopic (exact) mass is 214 g/mol. The molecule has 16 heavy (non-hydrogen) atoms. The van der Waals surface area contributed by atoms with Gasteiger partial charge in [-0.05, 0) is 6.92 Å². The van der Waals surface area contributed by atoms with E-state index >= 15 is 0 Å². The van der Waals surface area contributed by atoms with Crippen LogP contribution in [0.5, 0.6) is 0 Å². The predicted molar refractivity (Wildman–Crippen MR) is 55.1 cm³/mol. The van der Waals surface area contributed by atoms with Crippen LogP contribution in [0.15, 0.2) is 40.6 Å². The molecular formula is C11H8N3O2+. The zero-order valence-electron chi connectivity index (χ0n) is 8.52. The minimum atomic E-state index is -0.358. The smallest absolute Gasteiger partial charge is 0.220 e. The summed E-state index contributed by atoms with van der Waals surface area (Å²) < 4.78 is 0. The molecule has 0 aliphatic heterocycles. The number of benzene rings is 1. The Labute approximate surface area is 91.0 Å². The molecule has 1 aromatic carbocycles. The maximum absolute atomic E-state index is 11.9. The van der Waals surface area contributed by atoms with Gasteiger partial charge in [-0.15, -0.1) is 0 Å². The Morgan fingerprint density at radius 3 is 2.25 bits per heavy atom. The van der Waals surface area contributed by atoms with Gasteiger partial charge in [0.15, 0.2) is 10.9 Å². The summed E-state index contributed by atoms with van der Waals surface area (Å²) in [5.74, 6) is -0.596. The second-order valence-electron chi connectivity index (χ2n) is 3.38. The first-order valence-corrected chi connectivity index (χ1v) is 4.63. The summed E-state index contributed by atoms with van der Waals surface area (Å²) in [5.41, 5.74) is 7.53. The largest absolute Gasteiger partial charge is 0.289 e. The summed E-state index contributed by atoms with van der Waals surface area (Å²) in [4.78, 5) is 26.6. The predicted octanol–water partition coefficient (Wildman–Crippen LogP) is 1.89. The van der Waals surface area contributed by atoms with Crippen molar-refractivity contribution in [2.24, 2.45) is 5.11 Å². The van der Waals surface area contributed by atoms with E-state index in [1.165, 1.54) is 6.92 Å². The van der Waals surface area contributed by atoms with Gasteiger partial charge in [0, 0.05) is 16.7 Å². The van der Waals surface area contributed by atoms with Gasteiger partial charge in [-0.1, -0.05) is 24.3 Å². The molecule has 1 aromatic rings. The summed E-state index contributed by atoms with van der Waals surface area (Å²) >= 11 is 0. The lowest BCUT2D eigenvalue weighted by Crippen LogP contribution is -2.19. The Kier molecular flexibility index (Phi) is 2.31. The number of nitrogens with one attached hydrogen (secondary N) is 1. The number of carbonyl (C=O) groups is 2. The molecule has 0 fully saturated rings. The highest BCUT2D eigenvalue weighted by atomic mass is 16.1. The molecule has 0 bridgehead atoms. The summed E-state index contributed by atoms with van der Waals surface area (Å²) in [6, 6.07) is 6.56. The number of rotatable bonds is 1. The van der Waals surface area contributed by atoms with E-state index in [9.17, 15) is 9.59 Å². The summed E-state index contributed by atoms with van der Waals surface area (Å²) in [6.45, 7) is 1.51. The fraction of sp³-hybridized carbons (Fsp3) is 0.0909. The van der Waals surface area contributed by atoms with Crippen molar-refractivity contribution in [1.82, 2.24) is 4.91 Å². The van der Waals surface area contributed by atoms with Gasteiger partial charge in [0.25, 0.3) is 0 Å². The van der Waals surface area contributed by atoms with E-state index in [1.807, 2.05) is 0 Å². The minimum Gasteiger partial charge on any atom is -0.289 e. The summed E-state index contributed by atoms with van der Waals surface area (Å²) in [6.07, 6.45) is 0. The first-order valence-electron chi connectivity index (χ1n) is 4.63. The molecule has 0 radical (unpaired) electrons. The number of allylic oxidation sites excluding steroid dienone is 2. The first kappa shape index (κ1) is 10.1. The zero-order valence-corrected chi connectivity index (χ0v) is 8.52. The van der Waals surface area contributed by atoms with Crippen LogP contribution in [0.1, 0.15) is 27.6 Å². The minimum absolute atomic E-state index is 0.0429. The quantitative estimate of drug-likeness (QED) is 0.571. The fourth-order valence-corrected chi connectivity index (χ4v) is 1.66. The van der Waals surface area contributed by atoms with E-state index in [-0.39, 0.29) is 22.8 Å². The molecule has 1 aliphatic rings. The third kappa shape index (κ3) is 1.31. The standard InChI is InChI=1S/C11H8N3O2/c1-6-9(13-14-12)11(16)8-5-3-2-4-7(8)10(6)15/h2-5,12H,1H3/q+1. The van der Waals surface area contributed by atoms with E-state index in [2.05, 4.69) is 10.0 Å². The van der Waals surface area contributed by atoms with Crippen LogP contribution >= 0.6 is 0 Å². The lowest BCUT2D eigenvalue weighted by atomic mass is 9.88. The van der Waals surface area contributed by atoms with Gasteiger partial charge < -0.3 is 0 Å². The van der Waals surface area contributed by atoms with Crippen LogP contribution in [0.4, 0.5) is 0 Å². The third-order valence-corrected chi connectivity index (χ3v) is 2.48. The van der Waals surface area contributed by atoms with E-state index in [0.717, 1.165) is 0 Å². The molecule has 78 valence electrons. The van der Waals surface area contributed by atoms with E-state index in [4.69, 9.17) is 5.53 Å². The van der Waals surface area contributed by atoms with Gasteiger partial charge in [0.2, 0.25) is 16.4 Å². The SMILES string of the molecule is CC1=C(N=[N+]=N)C(=O)c2ccccc2C1=O. The van der Waals surface area contributed by atoms with Gasteiger partial charge in [-0.2, -0.15) is 0 Å². The van der Waals surface area contributed by atoms with Gasteiger partial charge >= 0.3 is 0 Å². The highest BCUT2D eigenvalue weighted by Gasteiger charge is 2.32. The second-order valence-corrected chi connectivity index (χ2v) is 3.38. The highest BCUT2D eigenvalue weighted by Crippen LogP contribution is 2.26. The molecule has 0 spiro atoms. The number of hydrogen-bond acceptors (Lipinski definition) is 4. The number of hydrogen-bond donors (Lipinski definition) is 1. The average Bonchev–Trinajstić information content (AvgIpc) is 2.32. The molecule has 2 rings (SSSR count). The van der Waals surface area contributed by atoms with Crippen molar-refractivity contribution in [3.8, 4) is 0 Å². The molecular weight excluding hydrogens is 206 g/mol. The maximum atomic E-state index is 11.9. The Bertz CT molecular complexity index is 581. The molecule has 0 atom stereocenters. The molecule has 5 nitrogen and oxygen atoms in total. The number of fused-ring (bicyclic) bond motifs is 1. The number of carbonyl (C=O) groups excluding carboxylic acids is 2. The highest BCUT2D eigenvalue weighted by molar-refractivity contribution is 6.26. The molecule has 5 heteroatoms. The molecule has 0 saturated heterocycles. The van der Waals surface area contributed by atoms with Crippen LogP contribution in [0.3, 0.4) is 0 Å². The Morgan fingerprint density at radius 2 is 1.69 bits per heavy atom. The van der Waals surface area contributed by atoms with E-state index in [0.29, 0.717) is 11.1 Å². The lowest BCUT2D eigenvalue weighted by Gasteiger charge is -2.12. The van der Waals surface area contributed by atoms with Gasteiger partial charge in [0.05, 0.1) is 0 Å². The van der Waals surface area contributed by atoms with Crippen molar-refractivity contribution in [3.05, 3.63) is 46.7 Å². The normalized spacial score (nSPS) is 14.6. The molecule has 0 aromatic heterocycles. The zero-order chi connectivity index (χ0) is 11.7. The van der Waals surface area contributed by atoms with Crippen molar-refractivity contribution in [3.63, 3.8) is 0 Å². The van der Waals surface area contributed by atoms with Gasteiger partial charge in [-0.25, -0.2) is 0 Å². The lowest BCUT2D eigenvalue weighted by molar-refractivity contribution is 0.0973. The van der Waals surface area contributed by atoms with Crippen molar-refractivity contribution in [2.75, 3.05) is 0 Å². The number of ketones is 2. The fourth-order valence-electron chi connectivity index (χ4n) is 1.66. The van der Waals surface area contributed by atoms with Crippen molar-refractivity contribution in [2.45, 2.75) is 6.92 Å². The Morgan fingerprint density at radius 1 is 1.12 bits per heavy atom. The maximum Gasteiger partial charge on any atom is 0.220 e. The molecule has 0 amide bonds. The number of nitrogens with zero attached hydrogens (tertiary/aromatic N) is 2. The molecule has 0 heterocycles. The molecule has 1 N–H and O–H groups in total. The Hall–Kier alpha value is -2.39. The van der Waals surface area contributed by atoms with Crippen LogP contribution in [0, 0.1) is 5.53 Å². The van der Waals surface area contributed by atoms with Crippen molar-refractivity contribution >= 4 is 11.6 Å². The number of Topliss-reactive ketones (excluding diaryl/α,β-unsaturated/α-hetero) is 2. The molecule has 0 unspecified atom stereocenters. The first-order chi connectivity index (χ1) is 7.66. The van der Waals surface area contributed by atoms with Gasteiger partial charge in [0.1, 0.15) is 5.53 Å². The van der Waals surface area contributed by atoms with E-state index in [1.54, 1.807) is 24.3 Å². The van der Waals surface area contributed by atoms with Crippen molar-refractivity contribution in [1.29, 1.82) is 5.53 Å². The van der Waals surface area contributed by atoms with Crippen molar-refractivity contribution < 1.29 is 9.59 Å². The van der Waals surface area contributed by atoms with Crippen LogP contribution in [0.2, 0.25) is 0 Å². The average molecular weight is 214 g/mol. The van der Waals surface area contributed by atoms with Crippen LogP contribution < -0.4 is 4.91 Å². The van der Waals surface area contributed by atoms with Gasteiger partial charge in [-0.3, -0.25) is 9.59 Å². The van der Waals surface area contributed by atoms with E-state index < -0.39 is 0 Å². The van der Waals surface area contributed by atoms with Crippen LogP contribution in [-0.4, -0.2) is 11.6 Å². The molecule has 1 aliphatic carbocycles.